The zero-order valence-electron chi connectivity index (χ0n) is 12.5. The molecular formula is C17H27NO. The Morgan fingerprint density at radius 3 is 2.74 bits per heavy atom. The fourth-order valence-corrected chi connectivity index (χ4v) is 2.61. The molecule has 0 aliphatic carbocycles. The van der Waals surface area contributed by atoms with Gasteiger partial charge >= 0.3 is 0 Å². The molecule has 2 nitrogen and oxygen atoms in total. The van der Waals surface area contributed by atoms with Crippen molar-refractivity contribution in [2.24, 2.45) is 11.8 Å². The van der Waals surface area contributed by atoms with Crippen molar-refractivity contribution in [3.05, 3.63) is 29.8 Å². The van der Waals surface area contributed by atoms with Gasteiger partial charge in [0.05, 0.1) is 0 Å². The molecule has 1 aliphatic heterocycles. The van der Waals surface area contributed by atoms with E-state index >= 15 is 0 Å². The normalized spacial score (nSPS) is 19.3. The van der Waals surface area contributed by atoms with Gasteiger partial charge in [0, 0.05) is 6.42 Å². The third kappa shape index (κ3) is 4.54. The van der Waals surface area contributed by atoms with Crippen LogP contribution in [-0.4, -0.2) is 19.2 Å². The topological polar surface area (TPSA) is 21.3 Å². The van der Waals surface area contributed by atoms with Crippen LogP contribution in [0.15, 0.2) is 24.3 Å². The minimum atomic E-state index is 0.393. The molecule has 106 valence electrons. The number of ether oxygens (including phenoxy) is 1. The van der Waals surface area contributed by atoms with Crippen molar-refractivity contribution >= 4 is 0 Å². The third-order valence-electron chi connectivity index (χ3n) is 3.74. The van der Waals surface area contributed by atoms with E-state index in [1.54, 1.807) is 0 Å². The molecule has 1 aromatic carbocycles. The van der Waals surface area contributed by atoms with Crippen LogP contribution in [0.2, 0.25) is 0 Å². The van der Waals surface area contributed by atoms with Crippen molar-refractivity contribution < 1.29 is 4.74 Å². The van der Waals surface area contributed by atoms with Gasteiger partial charge in [0.15, 0.2) is 0 Å². The molecule has 0 bridgehead atoms. The smallest absolute Gasteiger partial charge is 0.123 e. The maximum atomic E-state index is 5.98. The van der Waals surface area contributed by atoms with Crippen LogP contribution in [-0.2, 0) is 6.42 Å². The molecule has 1 aromatic rings. The molecule has 2 unspecified atom stereocenters. The SMILES string of the molecule is CC(C)CNCC(C)CCC1Cc2ccccc2O1. The molecule has 0 fully saturated rings. The quantitative estimate of drug-likeness (QED) is 0.809. The zero-order valence-corrected chi connectivity index (χ0v) is 12.5. The summed E-state index contributed by atoms with van der Waals surface area (Å²) in [5, 5.41) is 3.54. The Hall–Kier alpha value is -1.02. The van der Waals surface area contributed by atoms with Gasteiger partial charge in [-0.2, -0.15) is 0 Å². The number of hydrogen-bond acceptors (Lipinski definition) is 2. The molecule has 0 spiro atoms. The second-order valence-electron chi connectivity index (χ2n) is 6.29. The summed E-state index contributed by atoms with van der Waals surface area (Å²) in [6.45, 7) is 9.07. The van der Waals surface area contributed by atoms with Crippen LogP contribution < -0.4 is 10.1 Å². The predicted molar refractivity (Wildman–Crippen MR) is 80.7 cm³/mol. The number of nitrogens with one attached hydrogen (secondary N) is 1. The lowest BCUT2D eigenvalue weighted by atomic mass is 10.00. The van der Waals surface area contributed by atoms with Gasteiger partial charge in [0.1, 0.15) is 11.9 Å². The Morgan fingerprint density at radius 1 is 1.21 bits per heavy atom. The zero-order chi connectivity index (χ0) is 13.7. The highest BCUT2D eigenvalue weighted by atomic mass is 16.5. The highest BCUT2D eigenvalue weighted by molar-refractivity contribution is 5.37. The number of para-hydroxylation sites is 1. The summed E-state index contributed by atoms with van der Waals surface area (Å²) < 4.78 is 5.98. The Labute approximate surface area is 117 Å². The monoisotopic (exact) mass is 261 g/mol. The second-order valence-corrected chi connectivity index (χ2v) is 6.29. The van der Waals surface area contributed by atoms with E-state index in [0.29, 0.717) is 6.10 Å². The molecule has 2 rings (SSSR count). The van der Waals surface area contributed by atoms with Crippen molar-refractivity contribution in [3.63, 3.8) is 0 Å². The van der Waals surface area contributed by atoms with Gasteiger partial charge in [-0.3, -0.25) is 0 Å². The number of hydrogen-bond donors (Lipinski definition) is 1. The lowest BCUT2D eigenvalue weighted by Gasteiger charge is -2.16. The minimum Gasteiger partial charge on any atom is -0.490 e. The van der Waals surface area contributed by atoms with E-state index in [1.807, 2.05) is 0 Å². The van der Waals surface area contributed by atoms with E-state index in [0.717, 1.165) is 37.1 Å². The van der Waals surface area contributed by atoms with Crippen molar-refractivity contribution in [2.45, 2.75) is 46.1 Å². The summed E-state index contributed by atoms with van der Waals surface area (Å²) in [4.78, 5) is 0. The van der Waals surface area contributed by atoms with Crippen molar-refractivity contribution in [1.29, 1.82) is 0 Å². The molecule has 1 heterocycles. The number of benzene rings is 1. The minimum absolute atomic E-state index is 0.393. The van der Waals surface area contributed by atoms with E-state index in [1.165, 1.54) is 18.4 Å². The lowest BCUT2D eigenvalue weighted by molar-refractivity contribution is 0.208. The molecule has 1 aliphatic rings. The lowest BCUT2D eigenvalue weighted by Crippen LogP contribution is -2.26. The van der Waals surface area contributed by atoms with Crippen molar-refractivity contribution in [3.8, 4) is 5.75 Å². The molecule has 2 heteroatoms. The van der Waals surface area contributed by atoms with Crippen LogP contribution in [0, 0.1) is 11.8 Å². The molecule has 0 amide bonds. The van der Waals surface area contributed by atoms with Crippen LogP contribution in [0.1, 0.15) is 39.2 Å². The van der Waals surface area contributed by atoms with Gasteiger partial charge in [0.2, 0.25) is 0 Å². The first-order chi connectivity index (χ1) is 9.15. The van der Waals surface area contributed by atoms with E-state index in [-0.39, 0.29) is 0 Å². The Balaban J connectivity index is 1.65. The first-order valence-corrected chi connectivity index (χ1v) is 7.60. The van der Waals surface area contributed by atoms with Crippen LogP contribution >= 0.6 is 0 Å². The fourth-order valence-electron chi connectivity index (χ4n) is 2.61. The summed E-state index contributed by atoms with van der Waals surface area (Å²) in [5.74, 6) is 2.56. The van der Waals surface area contributed by atoms with Crippen molar-refractivity contribution in [2.75, 3.05) is 13.1 Å². The molecule has 0 aromatic heterocycles. The van der Waals surface area contributed by atoms with Crippen LogP contribution in [0.25, 0.3) is 0 Å². The van der Waals surface area contributed by atoms with Gasteiger partial charge in [-0.05, 0) is 49.4 Å². The molecule has 0 saturated carbocycles. The highest BCUT2D eigenvalue weighted by Crippen LogP contribution is 2.30. The van der Waals surface area contributed by atoms with E-state index < -0.39 is 0 Å². The summed E-state index contributed by atoms with van der Waals surface area (Å²) in [5.41, 5.74) is 1.37. The molecular weight excluding hydrogens is 234 g/mol. The predicted octanol–water partition coefficient (Wildman–Crippen LogP) is 3.65. The first-order valence-electron chi connectivity index (χ1n) is 7.60. The van der Waals surface area contributed by atoms with E-state index in [9.17, 15) is 0 Å². The van der Waals surface area contributed by atoms with Gasteiger partial charge in [0.25, 0.3) is 0 Å². The Kier molecular flexibility index (Phi) is 5.26. The Morgan fingerprint density at radius 2 is 2.00 bits per heavy atom. The van der Waals surface area contributed by atoms with Gasteiger partial charge in [-0.15, -0.1) is 0 Å². The summed E-state index contributed by atoms with van der Waals surface area (Å²) in [6.07, 6.45) is 3.88. The van der Waals surface area contributed by atoms with E-state index in [4.69, 9.17) is 4.74 Å². The van der Waals surface area contributed by atoms with Gasteiger partial charge in [-0.25, -0.2) is 0 Å². The molecule has 1 N–H and O–H groups in total. The molecule has 2 atom stereocenters. The van der Waals surface area contributed by atoms with Crippen LogP contribution in [0.5, 0.6) is 5.75 Å². The average molecular weight is 261 g/mol. The van der Waals surface area contributed by atoms with E-state index in [2.05, 4.69) is 50.4 Å². The van der Waals surface area contributed by atoms with Crippen LogP contribution in [0.4, 0.5) is 0 Å². The highest BCUT2D eigenvalue weighted by Gasteiger charge is 2.22. The van der Waals surface area contributed by atoms with Crippen LogP contribution in [0.3, 0.4) is 0 Å². The molecule has 0 radical (unpaired) electrons. The summed E-state index contributed by atoms with van der Waals surface area (Å²) in [6, 6.07) is 8.43. The second kappa shape index (κ2) is 6.95. The first kappa shape index (κ1) is 14.4. The van der Waals surface area contributed by atoms with Gasteiger partial charge in [-0.1, -0.05) is 39.0 Å². The summed E-state index contributed by atoms with van der Waals surface area (Å²) >= 11 is 0. The molecule has 19 heavy (non-hydrogen) atoms. The van der Waals surface area contributed by atoms with Crippen molar-refractivity contribution in [1.82, 2.24) is 5.32 Å². The van der Waals surface area contributed by atoms with Gasteiger partial charge < -0.3 is 10.1 Å². The summed E-state index contributed by atoms with van der Waals surface area (Å²) in [7, 11) is 0. The maximum Gasteiger partial charge on any atom is 0.123 e. The number of fused-ring (bicyclic) bond motifs is 1. The maximum absolute atomic E-state index is 5.98. The third-order valence-corrected chi connectivity index (χ3v) is 3.74. The standard InChI is InChI=1S/C17H27NO/c1-13(2)11-18-12-14(3)8-9-16-10-15-6-4-5-7-17(15)19-16/h4-7,13-14,16,18H,8-12H2,1-3H3. The molecule has 0 saturated heterocycles. The fraction of sp³-hybridized carbons (Fsp3) is 0.647. The number of rotatable bonds is 7. The Bertz CT molecular complexity index is 364. The largest absolute Gasteiger partial charge is 0.490 e. The average Bonchev–Trinajstić information content (AvgIpc) is 2.78.